The number of nitrogens with one attached hydrogen (secondary N) is 1. The van der Waals surface area contributed by atoms with E-state index in [9.17, 15) is 4.79 Å². The van der Waals surface area contributed by atoms with Gasteiger partial charge in [-0.3, -0.25) is 4.98 Å². The fourth-order valence-corrected chi connectivity index (χ4v) is 3.18. The second kappa shape index (κ2) is 9.59. The first-order chi connectivity index (χ1) is 14.1. The van der Waals surface area contributed by atoms with E-state index in [4.69, 9.17) is 9.47 Å². The maximum atomic E-state index is 12.9. The van der Waals surface area contributed by atoms with Crippen LogP contribution in [0.15, 0.2) is 72.9 Å². The van der Waals surface area contributed by atoms with E-state index in [1.807, 2.05) is 66.7 Å². The predicted octanol–water partition coefficient (Wildman–Crippen LogP) is 4.03. The molecule has 150 valence electrons. The second-order valence-corrected chi connectivity index (χ2v) is 6.53. The maximum Gasteiger partial charge on any atom is 0.318 e. The van der Waals surface area contributed by atoms with Crippen LogP contribution in [0.3, 0.4) is 0 Å². The van der Waals surface area contributed by atoms with Crippen molar-refractivity contribution in [2.24, 2.45) is 0 Å². The first-order valence-corrected chi connectivity index (χ1v) is 9.31. The van der Waals surface area contributed by atoms with Crippen LogP contribution in [-0.4, -0.2) is 37.2 Å². The SMILES string of the molecule is COc1ccc(CNC(=O)N(C)C(c2ccccc2)c2ccccn2)cc1OC. The second-order valence-electron chi connectivity index (χ2n) is 6.53. The number of hydrogen-bond donors (Lipinski definition) is 1. The fourth-order valence-electron chi connectivity index (χ4n) is 3.18. The van der Waals surface area contributed by atoms with E-state index in [0.717, 1.165) is 16.8 Å². The summed E-state index contributed by atoms with van der Waals surface area (Å²) in [6.07, 6.45) is 1.74. The van der Waals surface area contributed by atoms with Crippen LogP contribution in [0.4, 0.5) is 4.79 Å². The third-order valence-electron chi connectivity index (χ3n) is 4.68. The van der Waals surface area contributed by atoms with Gasteiger partial charge in [0.1, 0.15) is 6.04 Å². The number of carbonyl (C=O) groups is 1. The zero-order chi connectivity index (χ0) is 20.6. The van der Waals surface area contributed by atoms with E-state index in [1.54, 1.807) is 32.4 Å². The van der Waals surface area contributed by atoms with Gasteiger partial charge in [0.15, 0.2) is 11.5 Å². The molecule has 0 radical (unpaired) electrons. The first kappa shape index (κ1) is 20.2. The molecule has 0 bridgehead atoms. The topological polar surface area (TPSA) is 63.7 Å². The molecular weight excluding hydrogens is 366 g/mol. The highest BCUT2D eigenvalue weighted by Gasteiger charge is 2.24. The minimum absolute atomic E-state index is 0.195. The van der Waals surface area contributed by atoms with Gasteiger partial charge >= 0.3 is 6.03 Å². The summed E-state index contributed by atoms with van der Waals surface area (Å²) in [4.78, 5) is 19.0. The zero-order valence-electron chi connectivity index (χ0n) is 16.8. The molecule has 1 N–H and O–H groups in total. The molecule has 6 nitrogen and oxygen atoms in total. The first-order valence-electron chi connectivity index (χ1n) is 9.31. The van der Waals surface area contributed by atoms with E-state index < -0.39 is 0 Å². The predicted molar refractivity (Wildman–Crippen MR) is 112 cm³/mol. The third kappa shape index (κ3) is 4.85. The number of rotatable bonds is 7. The summed E-state index contributed by atoms with van der Waals surface area (Å²) in [5.41, 5.74) is 2.72. The van der Waals surface area contributed by atoms with E-state index in [1.165, 1.54) is 0 Å². The number of methoxy groups -OCH3 is 2. The lowest BCUT2D eigenvalue weighted by atomic mass is 10.0. The van der Waals surface area contributed by atoms with Crippen LogP contribution in [0.2, 0.25) is 0 Å². The number of aromatic nitrogens is 1. The third-order valence-corrected chi connectivity index (χ3v) is 4.68. The lowest BCUT2D eigenvalue weighted by Crippen LogP contribution is -2.40. The monoisotopic (exact) mass is 391 g/mol. The Hall–Kier alpha value is -3.54. The molecule has 1 atom stereocenters. The molecule has 29 heavy (non-hydrogen) atoms. The molecule has 3 aromatic rings. The summed E-state index contributed by atoms with van der Waals surface area (Å²) in [7, 11) is 4.96. The molecule has 0 aliphatic heterocycles. The highest BCUT2D eigenvalue weighted by Crippen LogP contribution is 2.28. The quantitative estimate of drug-likeness (QED) is 0.660. The van der Waals surface area contributed by atoms with Gasteiger partial charge in [0, 0.05) is 19.8 Å². The Balaban J connectivity index is 1.76. The van der Waals surface area contributed by atoms with Crippen LogP contribution < -0.4 is 14.8 Å². The molecular formula is C23H25N3O3. The Bertz CT molecular complexity index is 893. The van der Waals surface area contributed by atoms with Crippen LogP contribution in [0, 0.1) is 0 Å². The van der Waals surface area contributed by atoms with Gasteiger partial charge in [-0.05, 0) is 35.4 Å². The maximum absolute atomic E-state index is 12.9. The van der Waals surface area contributed by atoms with Crippen molar-refractivity contribution in [2.45, 2.75) is 12.6 Å². The van der Waals surface area contributed by atoms with Crippen LogP contribution in [0.5, 0.6) is 11.5 Å². The fraction of sp³-hybridized carbons (Fsp3) is 0.217. The number of ether oxygens (including phenoxy) is 2. The number of urea groups is 1. The van der Waals surface area contributed by atoms with E-state index >= 15 is 0 Å². The van der Waals surface area contributed by atoms with Crippen molar-refractivity contribution in [3.63, 3.8) is 0 Å². The van der Waals surface area contributed by atoms with E-state index in [0.29, 0.717) is 18.0 Å². The highest BCUT2D eigenvalue weighted by atomic mass is 16.5. The Kier molecular flexibility index (Phi) is 6.68. The summed E-state index contributed by atoms with van der Waals surface area (Å²) in [6, 6.07) is 20.7. The minimum atomic E-state index is -0.289. The lowest BCUT2D eigenvalue weighted by molar-refractivity contribution is 0.197. The number of amides is 2. The van der Waals surface area contributed by atoms with Crippen molar-refractivity contribution in [3.8, 4) is 11.5 Å². The molecule has 0 aliphatic rings. The number of benzene rings is 2. The van der Waals surface area contributed by atoms with Gasteiger partial charge in [-0.2, -0.15) is 0 Å². The molecule has 3 rings (SSSR count). The summed E-state index contributed by atoms with van der Waals surface area (Å²) in [5, 5.41) is 2.97. The highest BCUT2D eigenvalue weighted by molar-refractivity contribution is 5.75. The van der Waals surface area contributed by atoms with Crippen molar-refractivity contribution in [1.82, 2.24) is 15.2 Å². The molecule has 1 aromatic heterocycles. The van der Waals surface area contributed by atoms with Crippen molar-refractivity contribution < 1.29 is 14.3 Å². The number of carbonyl (C=O) groups excluding carboxylic acids is 1. The van der Waals surface area contributed by atoms with E-state index in [2.05, 4.69) is 10.3 Å². The van der Waals surface area contributed by atoms with Crippen molar-refractivity contribution in [3.05, 3.63) is 89.7 Å². The molecule has 2 amide bonds. The Morgan fingerprint density at radius 3 is 2.38 bits per heavy atom. The molecule has 1 unspecified atom stereocenters. The molecule has 6 heteroatoms. The van der Waals surface area contributed by atoms with Crippen LogP contribution >= 0.6 is 0 Å². The lowest BCUT2D eigenvalue weighted by Gasteiger charge is -2.28. The van der Waals surface area contributed by atoms with Crippen LogP contribution in [-0.2, 0) is 6.54 Å². The average Bonchev–Trinajstić information content (AvgIpc) is 2.78. The standard InChI is InChI=1S/C23H25N3O3/c1-26(22(18-9-5-4-6-10-18)19-11-7-8-14-24-19)23(27)25-16-17-12-13-20(28-2)21(15-17)29-3/h4-15,22H,16H2,1-3H3,(H,25,27). The summed E-state index contributed by atoms with van der Waals surface area (Å²) >= 11 is 0. The Morgan fingerprint density at radius 2 is 1.72 bits per heavy atom. The summed E-state index contributed by atoms with van der Waals surface area (Å²) < 4.78 is 10.6. The van der Waals surface area contributed by atoms with Gasteiger partial charge in [0.2, 0.25) is 0 Å². The van der Waals surface area contributed by atoms with Gasteiger partial charge in [0.05, 0.1) is 19.9 Å². The van der Waals surface area contributed by atoms with Crippen LogP contribution in [0.1, 0.15) is 22.9 Å². The molecule has 0 saturated carbocycles. The average molecular weight is 391 g/mol. The van der Waals surface area contributed by atoms with Gasteiger partial charge in [0.25, 0.3) is 0 Å². The van der Waals surface area contributed by atoms with Crippen molar-refractivity contribution in [2.75, 3.05) is 21.3 Å². The molecule has 0 saturated heterocycles. The van der Waals surface area contributed by atoms with Crippen molar-refractivity contribution in [1.29, 1.82) is 0 Å². The zero-order valence-corrected chi connectivity index (χ0v) is 16.8. The van der Waals surface area contributed by atoms with Gasteiger partial charge in [-0.15, -0.1) is 0 Å². The smallest absolute Gasteiger partial charge is 0.318 e. The molecule has 1 heterocycles. The summed E-state index contributed by atoms with van der Waals surface area (Å²) in [5.74, 6) is 1.28. The largest absolute Gasteiger partial charge is 0.493 e. The molecule has 0 aliphatic carbocycles. The molecule has 0 spiro atoms. The summed E-state index contributed by atoms with van der Waals surface area (Å²) in [6.45, 7) is 0.368. The van der Waals surface area contributed by atoms with Crippen molar-refractivity contribution >= 4 is 6.03 Å². The normalized spacial score (nSPS) is 11.4. The Labute approximate surface area is 171 Å². The number of hydrogen-bond acceptors (Lipinski definition) is 4. The minimum Gasteiger partial charge on any atom is -0.493 e. The van der Waals surface area contributed by atoms with Crippen LogP contribution in [0.25, 0.3) is 0 Å². The van der Waals surface area contributed by atoms with Gasteiger partial charge < -0.3 is 19.7 Å². The van der Waals surface area contributed by atoms with Gasteiger partial charge in [-0.1, -0.05) is 42.5 Å². The number of nitrogens with zero attached hydrogens (tertiary/aromatic N) is 2. The number of pyridine rings is 1. The van der Waals surface area contributed by atoms with E-state index in [-0.39, 0.29) is 12.1 Å². The Morgan fingerprint density at radius 1 is 1.00 bits per heavy atom. The molecule has 2 aromatic carbocycles. The van der Waals surface area contributed by atoms with Gasteiger partial charge in [-0.25, -0.2) is 4.79 Å². The molecule has 0 fully saturated rings.